The number of hydrogen-bond acceptors (Lipinski definition) is 2. The fraction of sp³-hybridized carbons (Fsp3) is 0.381. The predicted octanol–water partition coefficient (Wildman–Crippen LogP) is 6.55. The molecule has 1 saturated carbocycles. The third-order valence-corrected chi connectivity index (χ3v) is 6.25. The van der Waals surface area contributed by atoms with Crippen molar-refractivity contribution in [3.8, 4) is 0 Å². The maximum Gasteiger partial charge on any atom is 0.0728 e. The molecule has 1 fully saturated rings. The number of benzene rings is 2. The van der Waals surface area contributed by atoms with E-state index in [-0.39, 0.29) is 19.1 Å². The van der Waals surface area contributed by atoms with Crippen molar-refractivity contribution >= 4 is 19.7 Å². The summed E-state index contributed by atoms with van der Waals surface area (Å²) in [5.74, 6) is 0.323. The number of nitrogens with zero attached hydrogens (tertiary/aromatic N) is 1. The standard InChI is InChI=1S/C20H24N2O2S.CH3.ClH.Ru/c21-19(17-11-3-1-4-12-17)20(18-13-5-2-6-14-18)22-25(23,24)15-16-9-7-8-10-16;;;/h1-6,11-14,16,19-21H,7-10,15H2;1H3;1H;/q-2;-1;;+4/p-1. The van der Waals surface area contributed by atoms with Gasteiger partial charge in [-0.15, -0.1) is 12.1 Å². The minimum Gasteiger partial charge on any atom is -0.672 e. The van der Waals surface area contributed by atoms with Gasteiger partial charge in [0, 0.05) is 5.75 Å². The molecular weight excluding hydrogens is 481 g/mol. The van der Waals surface area contributed by atoms with Crippen LogP contribution in [-0.4, -0.2) is 14.2 Å². The van der Waals surface area contributed by atoms with Crippen molar-refractivity contribution in [2.24, 2.45) is 5.92 Å². The zero-order chi connectivity index (χ0) is 19.7. The van der Waals surface area contributed by atoms with Gasteiger partial charge >= 0.3 is 27.0 Å². The maximum absolute atomic E-state index is 12.7. The number of hydrogen-bond donors (Lipinski definition) is 0. The molecule has 4 nitrogen and oxygen atoms in total. The van der Waals surface area contributed by atoms with Gasteiger partial charge in [0.2, 0.25) is 0 Å². The van der Waals surface area contributed by atoms with Gasteiger partial charge in [-0.1, -0.05) is 84.6 Å². The van der Waals surface area contributed by atoms with Gasteiger partial charge in [0.25, 0.3) is 0 Å². The Hall–Kier alpha value is -0.777. The van der Waals surface area contributed by atoms with Gasteiger partial charge in [0.1, 0.15) is 0 Å². The fourth-order valence-electron chi connectivity index (χ4n) is 3.50. The van der Waals surface area contributed by atoms with E-state index in [2.05, 4.69) is 14.4 Å². The molecule has 0 radical (unpaired) electrons. The van der Waals surface area contributed by atoms with Crippen molar-refractivity contribution in [1.29, 1.82) is 0 Å². The molecule has 0 saturated heterocycles. The Morgan fingerprint density at radius 1 is 0.964 bits per heavy atom. The molecule has 7 heteroatoms. The van der Waals surface area contributed by atoms with Crippen molar-refractivity contribution in [3.05, 3.63) is 89.7 Å². The quantitative estimate of drug-likeness (QED) is 0.315. The second kappa shape index (κ2) is 12.7. The molecule has 3 rings (SSSR count). The Kier molecular flexibility index (Phi) is 11.5. The van der Waals surface area contributed by atoms with Crippen molar-refractivity contribution in [3.63, 3.8) is 0 Å². The molecule has 0 amide bonds. The van der Waals surface area contributed by atoms with Crippen molar-refractivity contribution in [2.75, 3.05) is 5.75 Å². The SMILES string of the molecule is [CH3-].[Cl][Ru+3].[NH-]C(c1ccccc1)C([N-]S(=O)(=O)CC1CCCC1)c1ccccc1. The molecule has 2 aromatic rings. The van der Waals surface area contributed by atoms with Gasteiger partial charge in [-0.25, -0.2) is 8.42 Å². The number of halogens is 1. The van der Waals surface area contributed by atoms with Crippen LogP contribution in [0.5, 0.6) is 0 Å². The Morgan fingerprint density at radius 2 is 1.43 bits per heavy atom. The average molecular weight is 508 g/mol. The molecule has 1 N–H and O–H groups in total. The van der Waals surface area contributed by atoms with Crippen LogP contribution in [0.15, 0.2) is 60.7 Å². The van der Waals surface area contributed by atoms with Gasteiger partial charge in [0.05, 0.1) is 10.0 Å². The van der Waals surface area contributed by atoms with E-state index in [4.69, 9.17) is 5.73 Å². The van der Waals surface area contributed by atoms with E-state index in [9.17, 15) is 8.42 Å². The first kappa shape index (κ1) is 25.3. The van der Waals surface area contributed by atoms with E-state index in [1.165, 1.54) is 0 Å². The Balaban J connectivity index is 0.00000127. The summed E-state index contributed by atoms with van der Waals surface area (Å²) in [5, 5.41) is 0. The zero-order valence-corrected chi connectivity index (χ0v) is 19.3. The summed E-state index contributed by atoms with van der Waals surface area (Å²) in [6.45, 7) is 0. The first-order valence-electron chi connectivity index (χ1n) is 8.94. The van der Waals surface area contributed by atoms with Gasteiger partial charge in [0.15, 0.2) is 0 Å². The summed E-state index contributed by atoms with van der Waals surface area (Å²) in [6.07, 6.45) is 4.14. The van der Waals surface area contributed by atoms with Crippen LogP contribution in [0.3, 0.4) is 0 Å². The molecule has 0 aliphatic heterocycles. The smallest absolute Gasteiger partial charge is 0.0728 e. The topological polar surface area (TPSA) is 72.0 Å². The van der Waals surface area contributed by atoms with Crippen LogP contribution < -0.4 is 0 Å². The molecule has 0 bridgehead atoms. The van der Waals surface area contributed by atoms with Crippen molar-refractivity contribution < 1.29 is 25.7 Å². The second-order valence-electron chi connectivity index (χ2n) is 6.75. The van der Waals surface area contributed by atoms with E-state index in [0.717, 1.165) is 36.8 Å². The van der Waals surface area contributed by atoms with Crippen LogP contribution in [0.2, 0.25) is 0 Å². The van der Waals surface area contributed by atoms with E-state index < -0.39 is 22.1 Å². The predicted molar refractivity (Wildman–Crippen MR) is 114 cm³/mol. The maximum atomic E-state index is 12.7. The molecule has 2 atom stereocenters. The third kappa shape index (κ3) is 7.57. The number of sulfonamides is 1. The number of rotatable bonds is 7. The van der Waals surface area contributed by atoms with Crippen LogP contribution in [-0.2, 0) is 27.3 Å². The molecular formula is C21H27ClN2O2RuS. The van der Waals surface area contributed by atoms with Crippen molar-refractivity contribution in [1.82, 2.24) is 0 Å². The van der Waals surface area contributed by atoms with Gasteiger partial charge in [-0.2, -0.15) is 0 Å². The first-order chi connectivity index (χ1) is 13.1. The summed E-state index contributed by atoms with van der Waals surface area (Å²) in [7, 11) is 1.01. The first-order valence-corrected chi connectivity index (χ1v) is 12.8. The van der Waals surface area contributed by atoms with E-state index >= 15 is 0 Å². The summed E-state index contributed by atoms with van der Waals surface area (Å²) in [4.78, 5) is 0. The molecule has 0 aromatic heterocycles. The molecule has 28 heavy (non-hydrogen) atoms. The van der Waals surface area contributed by atoms with Gasteiger partial charge in [-0.05, 0) is 18.8 Å². The minimum absolute atomic E-state index is 0. The van der Waals surface area contributed by atoms with E-state index in [1.54, 1.807) is 0 Å². The summed E-state index contributed by atoms with van der Waals surface area (Å²) >= 11 is 1.82. The van der Waals surface area contributed by atoms with Crippen molar-refractivity contribution in [2.45, 2.75) is 37.8 Å². The van der Waals surface area contributed by atoms with Crippen LogP contribution in [0.25, 0.3) is 10.5 Å². The third-order valence-electron chi connectivity index (χ3n) is 4.81. The fourth-order valence-corrected chi connectivity index (χ4v) is 5.10. The normalized spacial score (nSPS) is 16.4. The second-order valence-corrected chi connectivity index (χ2v) is 8.46. The van der Waals surface area contributed by atoms with E-state index in [1.807, 2.05) is 78.0 Å². The summed E-state index contributed by atoms with van der Waals surface area (Å²) in [6, 6.07) is 17.2. The summed E-state index contributed by atoms with van der Waals surface area (Å²) in [5.41, 5.74) is 10.2. The molecule has 2 unspecified atom stereocenters. The Labute approximate surface area is 184 Å². The number of nitrogens with one attached hydrogen (secondary N) is 1. The van der Waals surface area contributed by atoms with Gasteiger partial charge in [-0.3, -0.25) is 0 Å². The van der Waals surface area contributed by atoms with Crippen LogP contribution in [0.4, 0.5) is 0 Å². The van der Waals surface area contributed by atoms with E-state index in [0.29, 0.717) is 0 Å². The van der Waals surface area contributed by atoms with Gasteiger partial charge < -0.3 is 17.9 Å². The minimum atomic E-state index is -3.56. The Bertz CT molecular complexity index is 770. The molecule has 0 spiro atoms. The van der Waals surface area contributed by atoms with Crippen LogP contribution >= 0.6 is 9.69 Å². The summed E-state index contributed by atoms with van der Waals surface area (Å²) < 4.78 is 29.5. The molecule has 1 aliphatic carbocycles. The Morgan fingerprint density at radius 3 is 1.93 bits per heavy atom. The molecule has 154 valence electrons. The van der Waals surface area contributed by atoms with Crippen LogP contribution in [0.1, 0.15) is 48.9 Å². The monoisotopic (exact) mass is 508 g/mol. The zero-order valence-electron chi connectivity index (χ0n) is 15.9. The molecule has 0 heterocycles. The average Bonchev–Trinajstić information content (AvgIpc) is 3.21. The van der Waals surface area contributed by atoms with Crippen LogP contribution in [0, 0.1) is 13.3 Å². The largest absolute Gasteiger partial charge is 0.672 e. The molecule has 1 aliphatic rings. The molecule has 2 aromatic carbocycles.